The van der Waals surface area contributed by atoms with E-state index in [9.17, 15) is 0 Å². The lowest BCUT2D eigenvalue weighted by molar-refractivity contribution is 1.29. The Labute approximate surface area is 220 Å². The summed E-state index contributed by atoms with van der Waals surface area (Å²) < 4.78 is 1.05. The van der Waals surface area contributed by atoms with Gasteiger partial charge in [-0.15, -0.1) is 0 Å². The Morgan fingerprint density at radius 2 is 0.972 bits per heavy atom. The van der Waals surface area contributed by atoms with E-state index >= 15 is 0 Å². The number of nitrogens with zero attached hydrogens (tertiary/aromatic N) is 1. The second-order valence-electron chi connectivity index (χ2n) is 8.81. The average molecular weight is 526 g/mol. The van der Waals surface area contributed by atoms with Gasteiger partial charge < -0.3 is 4.90 Å². The van der Waals surface area contributed by atoms with Crippen LogP contribution >= 0.6 is 15.9 Å². The Kier molecular flexibility index (Phi) is 6.11. The van der Waals surface area contributed by atoms with Crippen molar-refractivity contribution in [1.29, 1.82) is 0 Å². The summed E-state index contributed by atoms with van der Waals surface area (Å²) in [5, 5.41) is 2.44. The highest BCUT2D eigenvalue weighted by molar-refractivity contribution is 9.10. The van der Waals surface area contributed by atoms with Crippen LogP contribution in [0.1, 0.15) is 0 Å². The van der Waals surface area contributed by atoms with Crippen molar-refractivity contribution in [3.05, 3.63) is 150 Å². The second-order valence-corrected chi connectivity index (χ2v) is 9.72. The lowest BCUT2D eigenvalue weighted by Gasteiger charge is -2.27. The van der Waals surface area contributed by atoms with E-state index in [1.54, 1.807) is 0 Å². The first-order valence-corrected chi connectivity index (χ1v) is 12.8. The number of benzene rings is 6. The maximum Gasteiger partial charge on any atom is 0.0540 e. The van der Waals surface area contributed by atoms with Gasteiger partial charge in [-0.3, -0.25) is 0 Å². The summed E-state index contributed by atoms with van der Waals surface area (Å²) >= 11 is 3.68. The first-order chi connectivity index (χ1) is 17.8. The van der Waals surface area contributed by atoms with Crippen molar-refractivity contribution < 1.29 is 0 Å². The second kappa shape index (κ2) is 9.85. The summed E-state index contributed by atoms with van der Waals surface area (Å²) in [6, 6.07) is 51.7. The number of hydrogen-bond acceptors (Lipinski definition) is 1. The Hall–Kier alpha value is -4.14. The van der Waals surface area contributed by atoms with E-state index in [0.717, 1.165) is 21.5 Å². The predicted octanol–water partition coefficient (Wildman–Crippen LogP) is 10.4. The van der Waals surface area contributed by atoms with Crippen LogP contribution in [-0.4, -0.2) is 0 Å². The molecule has 0 bridgehead atoms. The molecule has 0 fully saturated rings. The molecule has 172 valence electrons. The lowest BCUT2D eigenvalue weighted by atomic mass is 9.99. The third-order valence-electron chi connectivity index (χ3n) is 6.50. The quantitative estimate of drug-likeness (QED) is 0.216. The van der Waals surface area contributed by atoms with Gasteiger partial charge in [0, 0.05) is 21.2 Å². The number of anilines is 3. The molecule has 0 amide bonds. The fraction of sp³-hybridized carbons (Fsp3) is 0. The summed E-state index contributed by atoms with van der Waals surface area (Å²) in [5.41, 5.74) is 8.22. The Morgan fingerprint density at radius 1 is 0.417 bits per heavy atom. The molecular formula is C34H24BrN. The van der Waals surface area contributed by atoms with Gasteiger partial charge in [0.1, 0.15) is 0 Å². The smallest absolute Gasteiger partial charge is 0.0540 e. The molecular weight excluding hydrogens is 502 g/mol. The van der Waals surface area contributed by atoms with Crippen molar-refractivity contribution >= 4 is 43.8 Å². The Bertz CT molecular complexity index is 1630. The van der Waals surface area contributed by atoms with Crippen molar-refractivity contribution in [1.82, 2.24) is 0 Å². The Balaban J connectivity index is 1.46. The van der Waals surface area contributed by atoms with E-state index in [0.29, 0.717) is 0 Å². The van der Waals surface area contributed by atoms with E-state index in [-0.39, 0.29) is 0 Å². The number of fused-ring (bicyclic) bond motifs is 1. The van der Waals surface area contributed by atoms with Gasteiger partial charge in [0.25, 0.3) is 0 Å². The third-order valence-corrected chi connectivity index (χ3v) is 7.00. The Morgan fingerprint density at radius 3 is 1.75 bits per heavy atom. The zero-order valence-electron chi connectivity index (χ0n) is 19.7. The van der Waals surface area contributed by atoms with Crippen LogP contribution in [0.4, 0.5) is 17.1 Å². The minimum atomic E-state index is 1.05. The molecule has 0 aliphatic carbocycles. The standard InChI is InChI=1S/C34H24BrN/c35-30-14-8-16-32(24-30)36(34-18-7-12-28-11-4-5-17-33(28)34)31-15-6-13-29(23-31)27-21-19-26(20-22-27)25-9-2-1-3-10-25/h1-24H. The van der Waals surface area contributed by atoms with E-state index in [1.165, 1.54) is 33.0 Å². The fourth-order valence-electron chi connectivity index (χ4n) is 4.76. The van der Waals surface area contributed by atoms with Crippen LogP contribution in [0.25, 0.3) is 33.0 Å². The van der Waals surface area contributed by atoms with Gasteiger partial charge in [0.05, 0.1) is 5.69 Å². The lowest BCUT2D eigenvalue weighted by Crippen LogP contribution is -2.10. The fourth-order valence-corrected chi connectivity index (χ4v) is 5.14. The maximum atomic E-state index is 3.68. The molecule has 0 N–H and O–H groups in total. The van der Waals surface area contributed by atoms with Crippen LogP contribution in [0.3, 0.4) is 0 Å². The van der Waals surface area contributed by atoms with Gasteiger partial charge in [0.2, 0.25) is 0 Å². The molecule has 0 atom stereocenters. The number of rotatable bonds is 5. The van der Waals surface area contributed by atoms with E-state index in [4.69, 9.17) is 0 Å². The summed E-state index contributed by atoms with van der Waals surface area (Å²) in [4.78, 5) is 2.34. The van der Waals surface area contributed by atoms with E-state index < -0.39 is 0 Å². The summed E-state index contributed by atoms with van der Waals surface area (Å²) in [5.74, 6) is 0. The van der Waals surface area contributed by atoms with Crippen molar-refractivity contribution in [2.75, 3.05) is 4.90 Å². The van der Waals surface area contributed by atoms with Gasteiger partial charge in [-0.2, -0.15) is 0 Å². The molecule has 0 aromatic heterocycles. The molecule has 0 unspecified atom stereocenters. The first kappa shape index (κ1) is 22.3. The highest BCUT2D eigenvalue weighted by Gasteiger charge is 2.16. The topological polar surface area (TPSA) is 3.24 Å². The molecule has 6 rings (SSSR count). The van der Waals surface area contributed by atoms with Crippen molar-refractivity contribution in [2.24, 2.45) is 0 Å². The maximum absolute atomic E-state index is 3.68. The highest BCUT2D eigenvalue weighted by atomic mass is 79.9. The van der Waals surface area contributed by atoms with Gasteiger partial charge in [-0.05, 0) is 64.0 Å². The number of hydrogen-bond donors (Lipinski definition) is 0. The monoisotopic (exact) mass is 525 g/mol. The third kappa shape index (κ3) is 4.44. The van der Waals surface area contributed by atoms with Crippen LogP contribution in [0, 0.1) is 0 Å². The molecule has 0 radical (unpaired) electrons. The van der Waals surface area contributed by atoms with Crippen molar-refractivity contribution in [3.8, 4) is 22.3 Å². The molecule has 0 aliphatic rings. The highest BCUT2D eigenvalue weighted by Crippen LogP contribution is 2.40. The predicted molar refractivity (Wildman–Crippen MR) is 157 cm³/mol. The average Bonchev–Trinajstić information content (AvgIpc) is 2.94. The molecule has 6 aromatic rings. The van der Waals surface area contributed by atoms with Crippen LogP contribution < -0.4 is 4.90 Å². The van der Waals surface area contributed by atoms with Gasteiger partial charge in [-0.1, -0.05) is 125 Å². The largest absolute Gasteiger partial charge is 0.310 e. The van der Waals surface area contributed by atoms with Crippen molar-refractivity contribution in [3.63, 3.8) is 0 Å². The molecule has 0 spiro atoms. The molecule has 0 aliphatic heterocycles. The van der Waals surface area contributed by atoms with Crippen molar-refractivity contribution in [2.45, 2.75) is 0 Å². The van der Waals surface area contributed by atoms with Crippen LogP contribution in [0.15, 0.2) is 150 Å². The molecule has 6 aromatic carbocycles. The van der Waals surface area contributed by atoms with Gasteiger partial charge in [0.15, 0.2) is 0 Å². The minimum Gasteiger partial charge on any atom is -0.310 e. The van der Waals surface area contributed by atoms with E-state index in [2.05, 4.69) is 166 Å². The van der Waals surface area contributed by atoms with E-state index in [1.807, 2.05) is 0 Å². The molecule has 0 saturated carbocycles. The first-order valence-electron chi connectivity index (χ1n) is 12.1. The normalized spacial score (nSPS) is 10.9. The molecule has 0 heterocycles. The molecule has 36 heavy (non-hydrogen) atoms. The molecule has 2 heteroatoms. The zero-order valence-corrected chi connectivity index (χ0v) is 21.3. The van der Waals surface area contributed by atoms with Crippen LogP contribution in [-0.2, 0) is 0 Å². The summed E-state index contributed by atoms with van der Waals surface area (Å²) in [6.45, 7) is 0. The number of halogens is 1. The SMILES string of the molecule is Brc1cccc(N(c2cccc(-c3ccc(-c4ccccc4)cc3)c2)c2cccc3ccccc23)c1. The molecule has 0 saturated heterocycles. The van der Waals surface area contributed by atoms with Gasteiger partial charge in [-0.25, -0.2) is 0 Å². The van der Waals surface area contributed by atoms with Crippen LogP contribution in [0.5, 0.6) is 0 Å². The summed E-state index contributed by atoms with van der Waals surface area (Å²) in [6.07, 6.45) is 0. The molecule has 1 nitrogen and oxygen atoms in total. The zero-order chi connectivity index (χ0) is 24.3. The summed E-state index contributed by atoms with van der Waals surface area (Å²) in [7, 11) is 0. The minimum absolute atomic E-state index is 1.05. The van der Waals surface area contributed by atoms with Crippen LogP contribution in [0.2, 0.25) is 0 Å². The van der Waals surface area contributed by atoms with Gasteiger partial charge >= 0.3 is 0 Å².